The molecule has 25 heavy (non-hydrogen) atoms. The summed E-state index contributed by atoms with van der Waals surface area (Å²) in [5.74, 6) is 1.29. The van der Waals surface area contributed by atoms with Gasteiger partial charge in [0.2, 0.25) is 5.91 Å². The third-order valence-corrected chi connectivity index (χ3v) is 5.15. The van der Waals surface area contributed by atoms with E-state index in [1.54, 1.807) is 0 Å². The predicted octanol–water partition coefficient (Wildman–Crippen LogP) is 2.87. The molecule has 0 radical (unpaired) electrons. The summed E-state index contributed by atoms with van der Waals surface area (Å²) in [5.41, 5.74) is 2.22. The number of aryl methyl sites for hydroxylation is 4. The summed E-state index contributed by atoms with van der Waals surface area (Å²) in [6, 6.07) is 2.37. The minimum absolute atomic E-state index is 0.272. The topological polar surface area (TPSA) is 56.0 Å². The van der Waals surface area contributed by atoms with Crippen molar-refractivity contribution in [2.75, 3.05) is 6.54 Å². The van der Waals surface area contributed by atoms with Crippen LogP contribution in [0.15, 0.2) is 18.5 Å². The summed E-state index contributed by atoms with van der Waals surface area (Å²) >= 11 is 0. The molecule has 1 aliphatic heterocycles. The molecule has 3 rings (SSSR count). The van der Waals surface area contributed by atoms with Crippen molar-refractivity contribution >= 4 is 5.91 Å². The standard InChI is InChI=1S/C19H29N5O/c1-15-13-16(2)24(21-15)14-18-7-4-5-11-23(18)19(25)8-6-10-22-12-9-20-17(22)3/h9,12-13,18H,4-8,10-11,14H2,1-3H3. The molecule has 0 spiro atoms. The van der Waals surface area contributed by atoms with E-state index < -0.39 is 0 Å². The van der Waals surface area contributed by atoms with E-state index in [4.69, 9.17) is 0 Å². The fourth-order valence-electron chi connectivity index (χ4n) is 3.76. The van der Waals surface area contributed by atoms with Crippen molar-refractivity contribution < 1.29 is 4.79 Å². The molecule has 1 amide bonds. The maximum atomic E-state index is 12.8. The first-order valence-corrected chi connectivity index (χ1v) is 9.33. The van der Waals surface area contributed by atoms with Crippen LogP contribution in [-0.4, -0.2) is 42.7 Å². The molecule has 0 saturated carbocycles. The number of carbonyl (C=O) groups excluding carboxylic acids is 1. The highest BCUT2D eigenvalue weighted by molar-refractivity contribution is 5.76. The minimum atomic E-state index is 0.272. The lowest BCUT2D eigenvalue weighted by atomic mass is 10.0. The van der Waals surface area contributed by atoms with Gasteiger partial charge in [0.05, 0.1) is 18.3 Å². The molecule has 1 fully saturated rings. The highest BCUT2D eigenvalue weighted by atomic mass is 16.2. The van der Waals surface area contributed by atoms with Crippen LogP contribution in [0.1, 0.15) is 49.3 Å². The second-order valence-electron chi connectivity index (χ2n) is 7.12. The number of aromatic nitrogens is 4. The number of amides is 1. The summed E-state index contributed by atoms with van der Waals surface area (Å²) in [4.78, 5) is 19.1. The Morgan fingerprint density at radius 2 is 2.12 bits per heavy atom. The van der Waals surface area contributed by atoms with E-state index in [1.807, 2.05) is 26.2 Å². The van der Waals surface area contributed by atoms with Gasteiger partial charge in [0.25, 0.3) is 0 Å². The summed E-state index contributed by atoms with van der Waals surface area (Å²) in [6.45, 7) is 8.65. The molecule has 136 valence electrons. The first kappa shape index (κ1) is 17.7. The van der Waals surface area contributed by atoms with E-state index in [9.17, 15) is 4.79 Å². The smallest absolute Gasteiger partial charge is 0.222 e. The molecule has 0 aromatic carbocycles. The summed E-state index contributed by atoms with van der Waals surface area (Å²) in [7, 11) is 0. The average Bonchev–Trinajstić information content (AvgIpc) is 3.13. The van der Waals surface area contributed by atoms with Gasteiger partial charge < -0.3 is 9.47 Å². The molecule has 6 heteroatoms. The van der Waals surface area contributed by atoms with Crippen molar-refractivity contribution in [2.45, 2.75) is 72.0 Å². The molecule has 0 bridgehead atoms. The molecular formula is C19H29N5O. The largest absolute Gasteiger partial charge is 0.338 e. The molecule has 6 nitrogen and oxygen atoms in total. The average molecular weight is 343 g/mol. The van der Waals surface area contributed by atoms with Gasteiger partial charge in [0, 0.05) is 37.6 Å². The third-order valence-electron chi connectivity index (χ3n) is 5.15. The highest BCUT2D eigenvalue weighted by Gasteiger charge is 2.27. The van der Waals surface area contributed by atoms with Crippen molar-refractivity contribution in [1.29, 1.82) is 0 Å². The van der Waals surface area contributed by atoms with Crippen LogP contribution in [0.4, 0.5) is 0 Å². The second kappa shape index (κ2) is 7.85. The zero-order valence-electron chi connectivity index (χ0n) is 15.6. The molecule has 1 atom stereocenters. The Morgan fingerprint density at radius 1 is 1.28 bits per heavy atom. The van der Waals surface area contributed by atoms with Crippen LogP contribution in [0.25, 0.3) is 0 Å². The molecule has 1 unspecified atom stereocenters. The van der Waals surface area contributed by atoms with Gasteiger partial charge in [-0.3, -0.25) is 9.48 Å². The molecule has 0 N–H and O–H groups in total. The summed E-state index contributed by atoms with van der Waals surface area (Å²) in [5, 5.41) is 4.57. The van der Waals surface area contributed by atoms with Gasteiger partial charge in [-0.2, -0.15) is 5.10 Å². The van der Waals surface area contributed by atoms with Crippen LogP contribution in [0.2, 0.25) is 0 Å². The second-order valence-corrected chi connectivity index (χ2v) is 7.12. The monoisotopic (exact) mass is 343 g/mol. The van der Waals surface area contributed by atoms with E-state index in [0.29, 0.717) is 6.42 Å². The number of carbonyl (C=O) groups is 1. The SMILES string of the molecule is Cc1cc(C)n(CC2CCCCN2C(=O)CCCn2ccnc2C)n1. The van der Waals surface area contributed by atoms with Gasteiger partial charge in [-0.15, -0.1) is 0 Å². The third kappa shape index (κ3) is 4.30. The number of hydrogen-bond donors (Lipinski definition) is 0. The van der Waals surface area contributed by atoms with Crippen molar-refractivity contribution in [3.05, 3.63) is 35.7 Å². The number of likely N-dealkylation sites (tertiary alicyclic amines) is 1. The highest BCUT2D eigenvalue weighted by Crippen LogP contribution is 2.21. The molecule has 0 aliphatic carbocycles. The summed E-state index contributed by atoms with van der Waals surface area (Å²) in [6.07, 6.45) is 8.63. The van der Waals surface area contributed by atoms with Crippen LogP contribution >= 0.6 is 0 Å². The predicted molar refractivity (Wildman–Crippen MR) is 97.3 cm³/mol. The van der Waals surface area contributed by atoms with Gasteiger partial charge in [-0.25, -0.2) is 4.98 Å². The van der Waals surface area contributed by atoms with E-state index in [1.165, 1.54) is 12.1 Å². The van der Waals surface area contributed by atoms with Crippen molar-refractivity contribution in [3.63, 3.8) is 0 Å². The Balaban J connectivity index is 1.57. The number of hydrogen-bond acceptors (Lipinski definition) is 3. The van der Waals surface area contributed by atoms with Crippen LogP contribution in [0.3, 0.4) is 0 Å². The van der Waals surface area contributed by atoms with Crippen LogP contribution in [0.5, 0.6) is 0 Å². The zero-order valence-corrected chi connectivity index (χ0v) is 15.6. The number of nitrogens with zero attached hydrogens (tertiary/aromatic N) is 5. The maximum Gasteiger partial charge on any atom is 0.222 e. The Hall–Kier alpha value is -2.11. The lowest BCUT2D eigenvalue weighted by molar-refractivity contribution is -0.135. The van der Waals surface area contributed by atoms with E-state index >= 15 is 0 Å². The Morgan fingerprint density at radius 3 is 2.80 bits per heavy atom. The lowest BCUT2D eigenvalue weighted by Gasteiger charge is -2.36. The number of imidazole rings is 1. The summed E-state index contributed by atoms with van der Waals surface area (Å²) < 4.78 is 4.16. The van der Waals surface area contributed by atoms with E-state index in [2.05, 4.69) is 37.2 Å². The fourth-order valence-corrected chi connectivity index (χ4v) is 3.76. The van der Waals surface area contributed by atoms with Gasteiger partial charge in [-0.1, -0.05) is 0 Å². The Labute approximate surface area is 149 Å². The minimum Gasteiger partial charge on any atom is -0.338 e. The van der Waals surface area contributed by atoms with Crippen LogP contribution in [-0.2, 0) is 17.9 Å². The first-order chi connectivity index (χ1) is 12.0. The maximum absolute atomic E-state index is 12.8. The van der Waals surface area contributed by atoms with Crippen molar-refractivity contribution in [3.8, 4) is 0 Å². The Bertz CT molecular complexity index is 717. The normalized spacial score (nSPS) is 17.9. The van der Waals surface area contributed by atoms with Crippen LogP contribution in [0, 0.1) is 20.8 Å². The van der Waals surface area contributed by atoms with E-state index in [0.717, 1.165) is 50.4 Å². The van der Waals surface area contributed by atoms with Crippen LogP contribution < -0.4 is 0 Å². The zero-order chi connectivity index (χ0) is 17.8. The number of piperidine rings is 1. The lowest BCUT2D eigenvalue weighted by Crippen LogP contribution is -2.46. The fraction of sp³-hybridized carbons (Fsp3) is 0.632. The molecule has 1 aliphatic rings. The molecule has 3 heterocycles. The van der Waals surface area contributed by atoms with Gasteiger partial charge >= 0.3 is 0 Å². The van der Waals surface area contributed by atoms with Gasteiger partial charge in [0.1, 0.15) is 5.82 Å². The van der Waals surface area contributed by atoms with Gasteiger partial charge in [-0.05, 0) is 52.5 Å². The molecule has 2 aromatic rings. The first-order valence-electron chi connectivity index (χ1n) is 9.33. The molecular weight excluding hydrogens is 314 g/mol. The molecule has 1 saturated heterocycles. The molecule has 2 aromatic heterocycles. The Kier molecular flexibility index (Phi) is 5.56. The quantitative estimate of drug-likeness (QED) is 0.810. The van der Waals surface area contributed by atoms with Crippen molar-refractivity contribution in [2.24, 2.45) is 0 Å². The van der Waals surface area contributed by atoms with Crippen molar-refractivity contribution in [1.82, 2.24) is 24.2 Å². The van der Waals surface area contributed by atoms with Gasteiger partial charge in [0.15, 0.2) is 0 Å². The number of rotatable bonds is 6. The van der Waals surface area contributed by atoms with E-state index in [-0.39, 0.29) is 11.9 Å².